The minimum Gasteiger partial charge on any atom is -0.382 e. The Bertz CT molecular complexity index is 1490. The third-order valence-corrected chi connectivity index (χ3v) is 6.01. The number of nitrogen functional groups attached to an aromatic ring is 1. The molecule has 5 aromatic rings. The van der Waals surface area contributed by atoms with E-state index in [0.717, 1.165) is 11.3 Å². The first-order valence-corrected chi connectivity index (χ1v) is 10.8. The summed E-state index contributed by atoms with van der Waals surface area (Å²) in [7, 11) is 1.89. The van der Waals surface area contributed by atoms with Crippen molar-refractivity contribution in [3.05, 3.63) is 72.6 Å². The van der Waals surface area contributed by atoms with E-state index in [4.69, 9.17) is 5.73 Å². The molecule has 10 heteroatoms. The maximum Gasteiger partial charge on any atom is 0.228 e. The Kier molecular flexibility index (Phi) is 5.27. The number of nitrogens with zero attached hydrogens (tertiary/aromatic N) is 5. The lowest BCUT2D eigenvalue weighted by atomic mass is 10.1. The molecular weight excluding hydrogens is 441 g/mol. The van der Waals surface area contributed by atoms with Gasteiger partial charge < -0.3 is 15.6 Å². The Morgan fingerprint density at radius 1 is 1.15 bits per heavy atom. The molecule has 0 saturated heterocycles. The summed E-state index contributed by atoms with van der Waals surface area (Å²) < 4.78 is 15.3. The number of nitrogens with two attached hydrogens (primary N) is 1. The summed E-state index contributed by atoms with van der Waals surface area (Å²) in [5.41, 5.74) is 10.1. The first-order chi connectivity index (χ1) is 16.0. The van der Waals surface area contributed by atoms with Gasteiger partial charge >= 0.3 is 0 Å². The molecule has 164 valence electrons. The average molecular weight is 460 g/mol. The summed E-state index contributed by atoms with van der Waals surface area (Å²) in [5, 5.41) is 3.59. The number of nitrogens with one attached hydrogen (secondary N) is 1. The summed E-state index contributed by atoms with van der Waals surface area (Å²) in [6, 6.07) is 13.4. The third kappa shape index (κ3) is 4.15. The van der Waals surface area contributed by atoms with Gasteiger partial charge in [-0.25, -0.2) is 24.3 Å². The van der Waals surface area contributed by atoms with Crippen LogP contribution < -0.4 is 11.1 Å². The summed E-state index contributed by atoms with van der Waals surface area (Å²) in [5.74, 6) is -0.277. The SMILES string of the molecule is Cn1cnc(-c2cccc(NC(=O)Cc3cccc(F)c3)c2)c1-c1nc2c(N)ncnc2s1. The number of thiazole rings is 1. The summed E-state index contributed by atoms with van der Waals surface area (Å²) in [6.45, 7) is 0. The van der Waals surface area contributed by atoms with Gasteiger partial charge in [-0.05, 0) is 29.8 Å². The second kappa shape index (κ2) is 8.40. The van der Waals surface area contributed by atoms with Gasteiger partial charge in [-0.3, -0.25) is 4.79 Å². The zero-order valence-corrected chi connectivity index (χ0v) is 18.3. The normalized spacial score (nSPS) is 11.1. The molecule has 0 aliphatic carbocycles. The quantitative estimate of drug-likeness (QED) is 0.410. The smallest absolute Gasteiger partial charge is 0.228 e. The lowest BCUT2D eigenvalue weighted by molar-refractivity contribution is -0.115. The van der Waals surface area contributed by atoms with Crippen LogP contribution in [0.25, 0.3) is 32.3 Å². The van der Waals surface area contributed by atoms with Crippen LogP contribution in [0.3, 0.4) is 0 Å². The number of aryl methyl sites for hydroxylation is 1. The molecule has 3 N–H and O–H groups in total. The van der Waals surface area contributed by atoms with Crippen molar-refractivity contribution in [1.82, 2.24) is 24.5 Å². The maximum atomic E-state index is 13.4. The van der Waals surface area contributed by atoms with E-state index in [-0.39, 0.29) is 18.1 Å². The van der Waals surface area contributed by atoms with Crippen LogP contribution in [0.1, 0.15) is 5.56 Å². The first-order valence-electron chi connectivity index (χ1n) is 10.0. The largest absolute Gasteiger partial charge is 0.382 e. The number of fused-ring (bicyclic) bond motifs is 1. The predicted octanol–water partition coefficient (Wildman–Crippen LogP) is 4.06. The first kappa shape index (κ1) is 20.7. The van der Waals surface area contributed by atoms with Gasteiger partial charge in [0, 0.05) is 18.3 Å². The fourth-order valence-corrected chi connectivity index (χ4v) is 4.55. The molecule has 0 aliphatic heterocycles. The van der Waals surface area contributed by atoms with Gasteiger partial charge in [-0.1, -0.05) is 35.6 Å². The van der Waals surface area contributed by atoms with Crippen LogP contribution in [0.5, 0.6) is 0 Å². The second-order valence-corrected chi connectivity index (χ2v) is 8.40. The Morgan fingerprint density at radius 2 is 2.00 bits per heavy atom. The van der Waals surface area contributed by atoms with Gasteiger partial charge in [-0.2, -0.15) is 0 Å². The number of hydrogen-bond acceptors (Lipinski definition) is 7. The molecule has 0 bridgehead atoms. The summed E-state index contributed by atoms with van der Waals surface area (Å²) in [6.07, 6.45) is 3.20. The number of halogens is 1. The molecule has 3 aromatic heterocycles. The number of carbonyl (C=O) groups excluding carboxylic acids is 1. The monoisotopic (exact) mass is 459 g/mol. The minimum absolute atomic E-state index is 0.0744. The molecule has 0 fully saturated rings. The Morgan fingerprint density at radius 3 is 2.82 bits per heavy atom. The highest BCUT2D eigenvalue weighted by Crippen LogP contribution is 2.36. The van der Waals surface area contributed by atoms with Crippen molar-refractivity contribution in [1.29, 1.82) is 0 Å². The molecule has 33 heavy (non-hydrogen) atoms. The van der Waals surface area contributed by atoms with E-state index < -0.39 is 0 Å². The number of hydrogen-bond donors (Lipinski definition) is 2. The molecule has 2 aromatic carbocycles. The number of anilines is 2. The topological polar surface area (TPSA) is 112 Å². The molecule has 0 radical (unpaired) electrons. The average Bonchev–Trinajstić information content (AvgIpc) is 3.38. The number of benzene rings is 2. The number of carbonyl (C=O) groups is 1. The maximum absolute atomic E-state index is 13.4. The predicted molar refractivity (Wildman–Crippen MR) is 126 cm³/mol. The number of rotatable bonds is 5. The van der Waals surface area contributed by atoms with E-state index in [1.54, 1.807) is 24.5 Å². The van der Waals surface area contributed by atoms with Gasteiger partial charge in [-0.15, -0.1) is 0 Å². The van der Waals surface area contributed by atoms with Gasteiger partial charge in [0.2, 0.25) is 5.91 Å². The second-order valence-electron chi connectivity index (χ2n) is 7.42. The zero-order chi connectivity index (χ0) is 22.9. The van der Waals surface area contributed by atoms with Crippen LogP contribution in [0.4, 0.5) is 15.9 Å². The van der Waals surface area contributed by atoms with Gasteiger partial charge in [0.15, 0.2) is 5.82 Å². The van der Waals surface area contributed by atoms with Crippen molar-refractivity contribution in [2.45, 2.75) is 6.42 Å². The van der Waals surface area contributed by atoms with E-state index >= 15 is 0 Å². The third-order valence-electron chi connectivity index (χ3n) is 5.04. The number of aromatic nitrogens is 5. The fraction of sp³-hybridized carbons (Fsp3) is 0.0870. The molecule has 5 rings (SSSR count). The van der Waals surface area contributed by atoms with Crippen molar-refractivity contribution in [2.24, 2.45) is 7.05 Å². The van der Waals surface area contributed by atoms with E-state index in [1.807, 2.05) is 29.8 Å². The highest BCUT2D eigenvalue weighted by Gasteiger charge is 2.19. The van der Waals surface area contributed by atoms with Crippen molar-refractivity contribution in [3.8, 4) is 22.0 Å². The van der Waals surface area contributed by atoms with Crippen LogP contribution in [-0.4, -0.2) is 30.4 Å². The molecule has 0 atom stereocenters. The zero-order valence-electron chi connectivity index (χ0n) is 17.5. The molecular formula is C23H18FN7OS. The van der Waals surface area contributed by atoms with E-state index in [2.05, 4.69) is 25.3 Å². The summed E-state index contributed by atoms with van der Waals surface area (Å²) in [4.78, 5) is 30.6. The Balaban J connectivity index is 1.44. The molecule has 1 amide bonds. The van der Waals surface area contributed by atoms with Crippen LogP contribution in [0.15, 0.2) is 61.2 Å². The van der Waals surface area contributed by atoms with Crippen LogP contribution in [0, 0.1) is 5.82 Å². The molecule has 0 aliphatic rings. The van der Waals surface area contributed by atoms with E-state index in [1.165, 1.54) is 29.8 Å². The van der Waals surface area contributed by atoms with Crippen LogP contribution in [-0.2, 0) is 18.3 Å². The van der Waals surface area contributed by atoms with Crippen molar-refractivity contribution in [3.63, 3.8) is 0 Å². The molecule has 8 nitrogen and oxygen atoms in total. The van der Waals surface area contributed by atoms with Gasteiger partial charge in [0.1, 0.15) is 33.2 Å². The summed E-state index contributed by atoms with van der Waals surface area (Å²) >= 11 is 1.41. The lowest BCUT2D eigenvalue weighted by Crippen LogP contribution is -2.14. The Hall–Kier alpha value is -4.18. The van der Waals surface area contributed by atoms with Crippen molar-refractivity contribution < 1.29 is 9.18 Å². The number of imidazole rings is 1. The fourth-order valence-electron chi connectivity index (χ4n) is 3.55. The van der Waals surface area contributed by atoms with Gasteiger partial charge in [0.05, 0.1) is 18.4 Å². The Labute approximate surface area is 192 Å². The van der Waals surface area contributed by atoms with E-state index in [0.29, 0.717) is 38.1 Å². The number of amides is 1. The highest BCUT2D eigenvalue weighted by atomic mass is 32.1. The van der Waals surface area contributed by atoms with Crippen LogP contribution >= 0.6 is 11.3 Å². The molecule has 0 spiro atoms. The van der Waals surface area contributed by atoms with Crippen molar-refractivity contribution in [2.75, 3.05) is 11.1 Å². The molecule has 0 unspecified atom stereocenters. The minimum atomic E-state index is -0.368. The molecule has 3 heterocycles. The van der Waals surface area contributed by atoms with Crippen LogP contribution in [0.2, 0.25) is 0 Å². The highest BCUT2D eigenvalue weighted by molar-refractivity contribution is 7.21. The van der Waals surface area contributed by atoms with Crippen molar-refractivity contribution >= 4 is 39.1 Å². The van der Waals surface area contributed by atoms with Gasteiger partial charge in [0.25, 0.3) is 0 Å². The standard InChI is InChI=1S/C23H18FN7OS/c1-31-12-28-18(20(31)23-30-19-21(25)26-11-27-22(19)33-23)14-5-3-7-16(10-14)29-17(32)9-13-4-2-6-15(24)8-13/h2-8,10-12H,9H2,1H3,(H,29,32)(H2,25,26,27). The molecule has 0 saturated carbocycles. The van der Waals surface area contributed by atoms with E-state index in [9.17, 15) is 9.18 Å². The lowest BCUT2D eigenvalue weighted by Gasteiger charge is -2.08.